The maximum absolute atomic E-state index is 12.8. The second-order valence-electron chi connectivity index (χ2n) is 8.22. The molecule has 8 N–H and O–H groups in total. The molecule has 0 aromatic carbocycles. The third-order valence-corrected chi connectivity index (χ3v) is 5.20. The summed E-state index contributed by atoms with van der Waals surface area (Å²) in [5.41, 5.74) is 5.41. The molecule has 1 rings (SSSR count). The maximum atomic E-state index is 12.8. The highest BCUT2D eigenvalue weighted by atomic mass is 16.4. The summed E-state index contributed by atoms with van der Waals surface area (Å²) < 4.78 is 0. The minimum absolute atomic E-state index is 0.184. The molecule has 0 bridgehead atoms. The smallest absolute Gasteiger partial charge is 0.326 e. The Morgan fingerprint density at radius 2 is 1.69 bits per heavy atom. The van der Waals surface area contributed by atoms with Crippen molar-refractivity contribution in [2.75, 3.05) is 13.1 Å². The van der Waals surface area contributed by atoms with Crippen molar-refractivity contribution >= 4 is 29.7 Å². The lowest BCUT2D eigenvalue weighted by Gasteiger charge is -2.26. The normalized spacial score (nSPS) is 18.4. The van der Waals surface area contributed by atoms with Crippen molar-refractivity contribution in [2.24, 2.45) is 11.7 Å². The van der Waals surface area contributed by atoms with Crippen LogP contribution in [0.4, 0.5) is 0 Å². The van der Waals surface area contributed by atoms with Crippen LogP contribution in [0.5, 0.6) is 0 Å². The lowest BCUT2D eigenvalue weighted by Crippen LogP contribution is -2.58. The molecular formula is C20H35N5O7. The van der Waals surface area contributed by atoms with Crippen LogP contribution in [0.15, 0.2) is 0 Å². The highest BCUT2D eigenvalue weighted by molar-refractivity contribution is 5.95. The fraction of sp³-hybridized carbons (Fsp3) is 0.750. The van der Waals surface area contributed by atoms with E-state index in [1.165, 1.54) is 0 Å². The van der Waals surface area contributed by atoms with Crippen LogP contribution in [0, 0.1) is 5.92 Å². The molecule has 1 saturated heterocycles. The minimum atomic E-state index is -1.38. The summed E-state index contributed by atoms with van der Waals surface area (Å²) in [6.45, 7) is 4.36. The van der Waals surface area contributed by atoms with E-state index >= 15 is 0 Å². The third kappa shape index (κ3) is 9.18. The summed E-state index contributed by atoms with van der Waals surface area (Å²) in [6.07, 6.45) is 2.01. The van der Waals surface area contributed by atoms with Crippen LogP contribution in [0.25, 0.3) is 0 Å². The predicted octanol–water partition coefficient (Wildman–Crippen LogP) is -1.46. The Kier molecular flexibility index (Phi) is 11.6. The van der Waals surface area contributed by atoms with Crippen molar-refractivity contribution in [3.05, 3.63) is 0 Å². The summed E-state index contributed by atoms with van der Waals surface area (Å²) in [5.74, 6) is -4.94. The number of nitrogens with two attached hydrogens (primary N) is 1. The van der Waals surface area contributed by atoms with Crippen LogP contribution in [0.1, 0.15) is 52.4 Å². The molecule has 0 saturated carbocycles. The van der Waals surface area contributed by atoms with Gasteiger partial charge in [0.15, 0.2) is 0 Å². The van der Waals surface area contributed by atoms with Crippen molar-refractivity contribution in [1.82, 2.24) is 21.3 Å². The molecule has 182 valence electrons. The van der Waals surface area contributed by atoms with E-state index in [1.807, 2.05) is 0 Å². The van der Waals surface area contributed by atoms with Crippen molar-refractivity contribution in [2.45, 2.75) is 76.5 Å². The molecule has 4 unspecified atom stereocenters. The molecule has 0 spiro atoms. The molecule has 3 amide bonds. The van der Waals surface area contributed by atoms with E-state index in [9.17, 15) is 29.1 Å². The van der Waals surface area contributed by atoms with E-state index in [0.29, 0.717) is 32.4 Å². The van der Waals surface area contributed by atoms with Crippen LogP contribution in [0.3, 0.4) is 0 Å². The van der Waals surface area contributed by atoms with Crippen molar-refractivity contribution in [3.63, 3.8) is 0 Å². The highest BCUT2D eigenvalue weighted by Crippen LogP contribution is 2.09. The molecular weight excluding hydrogens is 422 g/mol. The van der Waals surface area contributed by atoms with Gasteiger partial charge >= 0.3 is 11.9 Å². The van der Waals surface area contributed by atoms with Crippen LogP contribution >= 0.6 is 0 Å². The molecule has 12 nitrogen and oxygen atoms in total. The quantitative estimate of drug-likeness (QED) is 0.152. The van der Waals surface area contributed by atoms with Crippen LogP contribution in [-0.2, 0) is 24.0 Å². The van der Waals surface area contributed by atoms with Gasteiger partial charge in [0, 0.05) is 0 Å². The number of amides is 3. The van der Waals surface area contributed by atoms with E-state index < -0.39 is 66.2 Å². The van der Waals surface area contributed by atoms with Gasteiger partial charge in [-0.3, -0.25) is 19.2 Å². The Morgan fingerprint density at radius 1 is 1.00 bits per heavy atom. The summed E-state index contributed by atoms with van der Waals surface area (Å²) in [5, 5.41) is 28.8. The first-order chi connectivity index (χ1) is 15.1. The Hall–Kier alpha value is -2.73. The number of carboxylic acids is 2. The van der Waals surface area contributed by atoms with Gasteiger partial charge in [-0.2, -0.15) is 0 Å². The number of rotatable bonds is 14. The van der Waals surface area contributed by atoms with Gasteiger partial charge in [0.25, 0.3) is 0 Å². The minimum Gasteiger partial charge on any atom is -0.481 e. The molecule has 1 aliphatic heterocycles. The molecule has 32 heavy (non-hydrogen) atoms. The summed E-state index contributed by atoms with van der Waals surface area (Å²) in [4.78, 5) is 60.5. The largest absolute Gasteiger partial charge is 0.481 e. The Morgan fingerprint density at radius 3 is 2.19 bits per heavy atom. The van der Waals surface area contributed by atoms with Crippen molar-refractivity contribution in [1.29, 1.82) is 0 Å². The summed E-state index contributed by atoms with van der Waals surface area (Å²) in [6, 6.07) is -4.14. The SMILES string of the molecule is CC(C)C(NC(=O)C(CC(=O)O)NC(=O)C1CCCN1)C(=O)NC(CCCCN)C(=O)O. The van der Waals surface area contributed by atoms with E-state index in [-0.39, 0.29) is 6.42 Å². The monoisotopic (exact) mass is 457 g/mol. The number of hydrogen-bond acceptors (Lipinski definition) is 7. The summed E-state index contributed by atoms with van der Waals surface area (Å²) >= 11 is 0. The molecule has 12 heteroatoms. The lowest BCUT2D eigenvalue weighted by molar-refractivity contribution is -0.143. The first kappa shape index (κ1) is 27.3. The fourth-order valence-corrected chi connectivity index (χ4v) is 3.37. The number of unbranched alkanes of at least 4 members (excludes halogenated alkanes) is 1. The number of carbonyl (C=O) groups excluding carboxylic acids is 3. The van der Waals surface area contributed by atoms with Crippen molar-refractivity contribution in [3.8, 4) is 0 Å². The van der Waals surface area contributed by atoms with Gasteiger partial charge in [-0.15, -0.1) is 0 Å². The first-order valence-electron chi connectivity index (χ1n) is 10.9. The van der Waals surface area contributed by atoms with Gasteiger partial charge in [0.2, 0.25) is 17.7 Å². The Bertz CT molecular complexity index is 679. The van der Waals surface area contributed by atoms with Crippen LogP contribution in [0.2, 0.25) is 0 Å². The number of carbonyl (C=O) groups is 5. The maximum Gasteiger partial charge on any atom is 0.326 e. The number of aliphatic carboxylic acids is 2. The van der Waals surface area contributed by atoms with E-state index in [4.69, 9.17) is 10.8 Å². The molecule has 4 atom stereocenters. The Labute approximate surface area is 187 Å². The van der Waals surface area contributed by atoms with E-state index in [0.717, 1.165) is 6.42 Å². The van der Waals surface area contributed by atoms with E-state index in [2.05, 4.69) is 21.3 Å². The molecule has 0 aromatic heterocycles. The zero-order chi connectivity index (χ0) is 24.3. The second kappa shape index (κ2) is 13.6. The molecule has 1 fully saturated rings. The Balaban J connectivity index is 2.84. The highest BCUT2D eigenvalue weighted by Gasteiger charge is 2.33. The topological polar surface area (TPSA) is 200 Å². The molecule has 0 aromatic rings. The second-order valence-corrected chi connectivity index (χ2v) is 8.22. The standard InChI is InChI=1S/C20H35N5O7/c1-11(2)16(19(30)23-13(20(31)32)6-3-4-8-21)25-18(29)14(10-15(26)27)24-17(28)12-7-5-9-22-12/h11-14,16,22H,3-10,21H2,1-2H3,(H,23,30)(H,24,28)(H,25,29)(H,26,27)(H,31,32). The molecule has 0 aliphatic carbocycles. The van der Waals surface area contributed by atoms with Gasteiger partial charge < -0.3 is 37.2 Å². The average molecular weight is 458 g/mol. The zero-order valence-electron chi connectivity index (χ0n) is 18.6. The van der Waals surface area contributed by atoms with Crippen LogP contribution in [-0.4, -0.2) is 77.1 Å². The number of carboxylic acid groups (broad SMARTS) is 2. The first-order valence-corrected chi connectivity index (χ1v) is 10.9. The average Bonchev–Trinajstić information content (AvgIpc) is 3.24. The molecule has 1 heterocycles. The summed E-state index contributed by atoms with van der Waals surface area (Å²) in [7, 11) is 0. The van der Waals surface area contributed by atoms with Gasteiger partial charge in [-0.1, -0.05) is 13.8 Å². The lowest BCUT2D eigenvalue weighted by atomic mass is 10.0. The fourth-order valence-electron chi connectivity index (χ4n) is 3.37. The van der Waals surface area contributed by atoms with Gasteiger partial charge in [0.1, 0.15) is 18.1 Å². The van der Waals surface area contributed by atoms with Gasteiger partial charge in [-0.05, 0) is 51.1 Å². The molecule has 0 radical (unpaired) electrons. The molecule has 1 aliphatic rings. The van der Waals surface area contributed by atoms with Crippen molar-refractivity contribution < 1.29 is 34.2 Å². The van der Waals surface area contributed by atoms with E-state index in [1.54, 1.807) is 13.8 Å². The van der Waals surface area contributed by atoms with Crippen LogP contribution < -0.4 is 27.0 Å². The zero-order valence-corrected chi connectivity index (χ0v) is 18.6. The van der Waals surface area contributed by atoms with Gasteiger partial charge in [-0.25, -0.2) is 4.79 Å². The predicted molar refractivity (Wildman–Crippen MR) is 114 cm³/mol. The number of nitrogens with one attached hydrogen (secondary N) is 4. The van der Waals surface area contributed by atoms with Gasteiger partial charge in [0.05, 0.1) is 12.5 Å². The number of hydrogen-bond donors (Lipinski definition) is 7. The third-order valence-electron chi connectivity index (χ3n) is 5.20.